The molecule has 1 unspecified atom stereocenters. The lowest BCUT2D eigenvalue weighted by molar-refractivity contribution is -0.131. The van der Waals surface area contributed by atoms with Crippen molar-refractivity contribution in [3.8, 4) is 0 Å². The molecular formula is C10H15N3O5. The largest absolute Gasteiger partial charge is 0.386 e. The standard InChI is InChI=1S/C10H15N3O5/c14-7(4-13-8(15)3-11-9(13)16)12-5-10(17)1-2-18-6-10/h17H,1-6H2,(H,11,16)(H,12,14). The van der Waals surface area contributed by atoms with E-state index in [1.807, 2.05) is 0 Å². The molecule has 0 aromatic rings. The van der Waals surface area contributed by atoms with Gasteiger partial charge in [0.05, 0.1) is 13.2 Å². The summed E-state index contributed by atoms with van der Waals surface area (Å²) < 4.78 is 5.03. The molecule has 100 valence electrons. The number of carbonyl (C=O) groups is 3. The van der Waals surface area contributed by atoms with Crippen LogP contribution in [0.25, 0.3) is 0 Å². The normalized spacial score (nSPS) is 27.5. The summed E-state index contributed by atoms with van der Waals surface area (Å²) in [5.41, 5.74) is -1.05. The number of hydrogen-bond acceptors (Lipinski definition) is 5. The number of nitrogens with zero attached hydrogens (tertiary/aromatic N) is 1. The summed E-state index contributed by atoms with van der Waals surface area (Å²) in [6.07, 6.45) is 0.455. The van der Waals surface area contributed by atoms with Crippen LogP contribution in [0.3, 0.4) is 0 Å². The Morgan fingerprint density at radius 2 is 2.33 bits per heavy atom. The molecule has 2 saturated heterocycles. The summed E-state index contributed by atoms with van der Waals surface area (Å²) in [7, 11) is 0. The van der Waals surface area contributed by atoms with Gasteiger partial charge < -0.3 is 20.5 Å². The molecule has 0 saturated carbocycles. The van der Waals surface area contributed by atoms with Crippen LogP contribution in [0.5, 0.6) is 0 Å². The molecule has 1 atom stereocenters. The maximum atomic E-state index is 11.6. The van der Waals surface area contributed by atoms with Gasteiger partial charge in [-0.3, -0.25) is 14.5 Å². The van der Waals surface area contributed by atoms with Gasteiger partial charge in [0.1, 0.15) is 12.1 Å². The Balaban J connectivity index is 1.78. The van der Waals surface area contributed by atoms with Crippen molar-refractivity contribution in [1.29, 1.82) is 0 Å². The second-order valence-electron chi connectivity index (χ2n) is 4.44. The summed E-state index contributed by atoms with van der Waals surface area (Å²) in [4.78, 5) is 34.8. The lowest BCUT2D eigenvalue weighted by Crippen LogP contribution is -2.47. The van der Waals surface area contributed by atoms with Crippen LogP contribution in [0.1, 0.15) is 6.42 Å². The van der Waals surface area contributed by atoms with E-state index in [0.29, 0.717) is 13.0 Å². The summed E-state index contributed by atoms with van der Waals surface area (Å²) in [5.74, 6) is -0.918. The predicted molar refractivity (Wildman–Crippen MR) is 58.5 cm³/mol. The van der Waals surface area contributed by atoms with Gasteiger partial charge in [0.25, 0.3) is 5.91 Å². The van der Waals surface area contributed by atoms with Crippen LogP contribution in [0.2, 0.25) is 0 Å². The molecule has 2 aliphatic heterocycles. The molecule has 2 rings (SSSR count). The number of hydrogen-bond donors (Lipinski definition) is 3. The van der Waals surface area contributed by atoms with Crippen LogP contribution in [0.15, 0.2) is 0 Å². The minimum Gasteiger partial charge on any atom is -0.386 e. The SMILES string of the molecule is O=C(CN1C(=O)CNC1=O)NCC1(O)CCOC1. The van der Waals surface area contributed by atoms with Gasteiger partial charge in [-0.15, -0.1) is 0 Å². The van der Waals surface area contributed by atoms with E-state index in [-0.39, 0.29) is 26.2 Å². The van der Waals surface area contributed by atoms with E-state index in [4.69, 9.17) is 4.74 Å². The Bertz CT molecular complexity index is 362. The topological polar surface area (TPSA) is 108 Å². The average Bonchev–Trinajstić information content (AvgIpc) is 2.89. The van der Waals surface area contributed by atoms with Crippen LogP contribution in [0, 0.1) is 0 Å². The Kier molecular flexibility index (Phi) is 3.48. The number of urea groups is 1. The van der Waals surface area contributed by atoms with Crippen LogP contribution in [-0.4, -0.2) is 66.3 Å². The van der Waals surface area contributed by atoms with Crippen LogP contribution in [0.4, 0.5) is 4.79 Å². The molecule has 2 aliphatic rings. The molecular weight excluding hydrogens is 242 g/mol. The van der Waals surface area contributed by atoms with E-state index in [2.05, 4.69) is 10.6 Å². The minimum atomic E-state index is -1.05. The van der Waals surface area contributed by atoms with Gasteiger partial charge in [0, 0.05) is 19.6 Å². The third-order valence-corrected chi connectivity index (χ3v) is 2.94. The zero-order valence-electron chi connectivity index (χ0n) is 9.77. The predicted octanol–water partition coefficient (Wildman–Crippen LogP) is -2.19. The number of aliphatic hydroxyl groups is 1. The summed E-state index contributed by atoms with van der Waals surface area (Å²) >= 11 is 0. The van der Waals surface area contributed by atoms with Gasteiger partial charge >= 0.3 is 6.03 Å². The van der Waals surface area contributed by atoms with E-state index >= 15 is 0 Å². The van der Waals surface area contributed by atoms with Crippen molar-refractivity contribution in [3.63, 3.8) is 0 Å². The highest BCUT2D eigenvalue weighted by atomic mass is 16.5. The Morgan fingerprint density at radius 3 is 2.89 bits per heavy atom. The van der Waals surface area contributed by atoms with Gasteiger partial charge in [0.2, 0.25) is 5.91 Å². The zero-order chi connectivity index (χ0) is 13.2. The average molecular weight is 257 g/mol. The lowest BCUT2D eigenvalue weighted by atomic mass is 10.0. The highest BCUT2D eigenvalue weighted by molar-refractivity contribution is 6.04. The molecule has 18 heavy (non-hydrogen) atoms. The highest BCUT2D eigenvalue weighted by Gasteiger charge is 2.34. The number of nitrogens with one attached hydrogen (secondary N) is 2. The fourth-order valence-electron chi connectivity index (χ4n) is 1.81. The second-order valence-corrected chi connectivity index (χ2v) is 4.44. The molecule has 4 amide bonds. The maximum Gasteiger partial charge on any atom is 0.325 e. The van der Waals surface area contributed by atoms with E-state index in [9.17, 15) is 19.5 Å². The molecule has 8 heteroatoms. The quantitative estimate of drug-likeness (QED) is 0.496. The molecule has 2 heterocycles. The van der Waals surface area contributed by atoms with Crippen molar-refractivity contribution in [3.05, 3.63) is 0 Å². The lowest BCUT2D eigenvalue weighted by Gasteiger charge is -2.21. The van der Waals surface area contributed by atoms with E-state index in [0.717, 1.165) is 4.90 Å². The first-order valence-electron chi connectivity index (χ1n) is 5.65. The van der Waals surface area contributed by atoms with Crippen LogP contribution < -0.4 is 10.6 Å². The molecule has 0 aromatic heterocycles. The third-order valence-electron chi connectivity index (χ3n) is 2.94. The molecule has 0 spiro atoms. The third kappa shape index (κ3) is 2.77. The fraction of sp³-hybridized carbons (Fsp3) is 0.700. The van der Waals surface area contributed by atoms with Crippen molar-refractivity contribution < 1.29 is 24.2 Å². The van der Waals surface area contributed by atoms with Crippen molar-refractivity contribution in [2.24, 2.45) is 0 Å². The van der Waals surface area contributed by atoms with E-state index in [1.54, 1.807) is 0 Å². The highest BCUT2D eigenvalue weighted by Crippen LogP contribution is 2.16. The number of carbonyl (C=O) groups excluding carboxylic acids is 3. The summed E-state index contributed by atoms with van der Waals surface area (Å²) in [6, 6.07) is -0.571. The van der Waals surface area contributed by atoms with Gasteiger partial charge in [0.15, 0.2) is 0 Å². The van der Waals surface area contributed by atoms with Crippen molar-refractivity contribution >= 4 is 17.8 Å². The Morgan fingerprint density at radius 1 is 1.56 bits per heavy atom. The van der Waals surface area contributed by atoms with Gasteiger partial charge in [-0.2, -0.15) is 0 Å². The summed E-state index contributed by atoms with van der Waals surface area (Å²) in [5, 5.41) is 14.7. The molecule has 0 radical (unpaired) electrons. The number of amides is 4. The smallest absolute Gasteiger partial charge is 0.325 e. The van der Waals surface area contributed by atoms with Crippen molar-refractivity contribution in [2.75, 3.05) is 32.8 Å². The number of imide groups is 1. The molecule has 8 nitrogen and oxygen atoms in total. The Hall–Kier alpha value is -1.67. The maximum absolute atomic E-state index is 11.6. The minimum absolute atomic E-state index is 0.0511. The second kappa shape index (κ2) is 4.91. The summed E-state index contributed by atoms with van der Waals surface area (Å²) in [6.45, 7) is 0.275. The molecule has 2 fully saturated rings. The Labute approximate surface area is 103 Å². The molecule has 0 bridgehead atoms. The molecule has 3 N–H and O–H groups in total. The van der Waals surface area contributed by atoms with E-state index in [1.165, 1.54) is 0 Å². The number of ether oxygens (including phenoxy) is 1. The zero-order valence-corrected chi connectivity index (χ0v) is 9.77. The first-order valence-corrected chi connectivity index (χ1v) is 5.65. The number of rotatable bonds is 4. The van der Waals surface area contributed by atoms with Crippen molar-refractivity contribution in [1.82, 2.24) is 15.5 Å². The fourth-order valence-corrected chi connectivity index (χ4v) is 1.81. The molecule has 0 aliphatic carbocycles. The first kappa shape index (κ1) is 12.8. The first-order chi connectivity index (χ1) is 8.50. The van der Waals surface area contributed by atoms with Gasteiger partial charge in [-0.1, -0.05) is 0 Å². The van der Waals surface area contributed by atoms with Crippen LogP contribution >= 0.6 is 0 Å². The van der Waals surface area contributed by atoms with Gasteiger partial charge in [-0.25, -0.2) is 4.79 Å². The van der Waals surface area contributed by atoms with Crippen LogP contribution in [-0.2, 0) is 14.3 Å². The molecule has 0 aromatic carbocycles. The van der Waals surface area contributed by atoms with Crippen molar-refractivity contribution in [2.45, 2.75) is 12.0 Å². The monoisotopic (exact) mass is 257 g/mol. The van der Waals surface area contributed by atoms with Gasteiger partial charge in [-0.05, 0) is 0 Å². The van der Waals surface area contributed by atoms with E-state index < -0.39 is 23.4 Å².